The fourth-order valence-electron chi connectivity index (χ4n) is 1.58. The van der Waals surface area contributed by atoms with Gasteiger partial charge in [-0.3, -0.25) is 4.98 Å². The van der Waals surface area contributed by atoms with Crippen LogP contribution in [0.3, 0.4) is 0 Å². The molecule has 17 heavy (non-hydrogen) atoms. The highest BCUT2D eigenvalue weighted by Gasteiger charge is 2.06. The number of hydrogen-bond acceptors (Lipinski definition) is 4. The van der Waals surface area contributed by atoms with E-state index in [9.17, 15) is 0 Å². The summed E-state index contributed by atoms with van der Waals surface area (Å²) < 4.78 is 5.63. The Balaban J connectivity index is 1.97. The molecule has 0 saturated carbocycles. The first-order valence-corrected chi connectivity index (χ1v) is 6.37. The highest BCUT2D eigenvalue weighted by atomic mass is 32.1. The minimum absolute atomic E-state index is 0.508. The van der Waals surface area contributed by atoms with Gasteiger partial charge in [0, 0.05) is 16.8 Å². The van der Waals surface area contributed by atoms with Crippen LogP contribution in [0, 0.1) is 13.8 Å². The van der Waals surface area contributed by atoms with Crippen LogP contribution in [0.5, 0.6) is 0 Å². The zero-order valence-corrected chi connectivity index (χ0v) is 10.9. The lowest BCUT2D eigenvalue weighted by atomic mass is 10.1. The predicted octanol–water partition coefficient (Wildman–Crippen LogP) is 3.06. The second-order valence-corrected chi connectivity index (χ2v) is 5.03. The molecule has 0 aliphatic rings. The molecule has 2 N–H and O–H groups in total. The fraction of sp³-hybridized carbons (Fsp3) is 0.308. The number of nitrogens with two attached hydrogens (primary N) is 1. The average Bonchev–Trinajstić information content (AvgIpc) is 2.82. The Hall–Kier alpha value is -1.39. The Morgan fingerprint density at radius 2 is 2.18 bits per heavy atom. The van der Waals surface area contributed by atoms with Crippen molar-refractivity contribution in [1.29, 1.82) is 0 Å². The van der Waals surface area contributed by atoms with Crippen LogP contribution in [0.15, 0.2) is 23.7 Å². The van der Waals surface area contributed by atoms with Crippen LogP contribution in [-0.2, 0) is 18.0 Å². The third-order valence-electron chi connectivity index (χ3n) is 2.74. The Bertz CT molecular complexity index is 494. The van der Waals surface area contributed by atoms with Gasteiger partial charge in [0.15, 0.2) is 0 Å². The number of nitrogens with zero attached hydrogens (tertiary/aromatic N) is 1. The zero-order chi connectivity index (χ0) is 12.3. The minimum Gasteiger partial charge on any atom is -0.398 e. The smallest absolute Gasteiger partial charge is 0.0896 e. The summed E-state index contributed by atoms with van der Waals surface area (Å²) in [5.41, 5.74) is 9.73. The molecule has 0 amide bonds. The Labute approximate surface area is 105 Å². The molecule has 0 bridgehead atoms. The summed E-state index contributed by atoms with van der Waals surface area (Å²) in [5, 5.41) is 2.05. The van der Waals surface area contributed by atoms with Crippen molar-refractivity contribution in [2.45, 2.75) is 27.1 Å². The molecule has 0 aromatic carbocycles. The van der Waals surface area contributed by atoms with Crippen LogP contribution in [0.2, 0.25) is 0 Å². The van der Waals surface area contributed by atoms with Gasteiger partial charge in [-0.2, -0.15) is 0 Å². The Morgan fingerprint density at radius 3 is 2.88 bits per heavy atom. The number of anilines is 1. The van der Waals surface area contributed by atoms with Crippen molar-refractivity contribution >= 4 is 17.0 Å². The van der Waals surface area contributed by atoms with E-state index < -0.39 is 0 Å². The maximum Gasteiger partial charge on any atom is 0.0896 e. The largest absolute Gasteiger partial charge is 0.398 e. The van der Waals surface area contributed by atoms with E-state index >= 15 is 0 Å². The molecule has 2 aromatic heterocycles. The second-order valence-electron chi connectivity index (χ2n) is 4.00. The highest BCUT2D eigenvalue weighted by molar-refractivity contribution is 7.09. The molecule has 0 atom stereocenters. The molecular formula is C13H16N2OS. The van der Waals surface area contributed by atoms with E-state index in [1.54, 1.807) is 17.5 Å². The second kappa shape index (κ2) is 5.29. The number of thiophene rings is 1. The van der Waals surface area contributed by atoms with Crippen LogP contribution < -0.4 is 5.73 Å². The van der Waals surface area contributed by atoms with E-state index in [0.29, 0.717) is 13.2 Å². The summed E-state index contributed by atoms with van der Waals surface area (Å²) in [4.78, 5) is 5.58. The van der Waals surface area contributed by atoms with Crippen molar-refractivity contribution in [3.63, 3.8) is 0 Å². The lowest BCUT2D eigenvalue weighted by Gasteiger charge is -2.09. The topological polar surface area (TPSA) is 48.1 Å². The maximum absolute atomic E-state index is 5.96. The van der Waals surface area contributed by atoms with Gasteiger partial charge < -0.3 is 10.5 Å². The van der Waals surface area contributed by atoms with Crippen LogP contribution in [-0.4, -0.2) is 4.98 Å². The van der Waals surface area contributed by atoms with Gasteiger partial charge in [0.25, 0.3) is 0 Å². The maximum atomic E-state index is 5.96. The molecule has 90 valence electrons. The number of rotatable bonds is 4. The van der Waals surface area contributed by atoms with Crippen molar-refractivity contribution in [2.75, 3.05) is 5.73 Å². The third-order valence-corrected chi connectivity index (χ3v) is 3.59. The molecular weight excluding hydrogens is 232 g/mol. The summed E-state index contributed by atoms with van der Waals surface area (Å²) >= 11 is 1.70. The molecule has 0 radical (unpaired) electrons. The first kappa shape index (κ1) is 12.1. The lowest BCUT2D eigenvalue weighted by molar-refractivity contribution is 0.106. The van der Waals surface area contributed by atoms with Gasteiger partial charge in [-0.1, -0.05) is 6.07 Å². The van der Waals surface area contributed by atoms with Crippen molar-refractivity contribution < 1.29 is 4.74 Å². The summed E-state index contributed by atoms with van der Waals surface area (Å²) in [6.45, 7) is 5.09. The predicted molar refractivity (Wildman–Crippen MR) is 70.9 cm³/mol. The van der Waals surface area contributed by atoms with Crippen molar-refractivity contribution in [3.8, 4) is 0 Å². The van der Waals surface area contributed by atoms with E-state index in [4.69, 9.17) is 10.5 Å². The van der Waals surface area contributed by atoms with E-state index in [1.165, 1.54) is 4.88 Å². The quantitative estimate of drug-likeness (QED) is 0.904. The van der Waals surface area contributed by atoms with Crippen molar-refractivity contribution in [3.05, 3.63) is 45.4 Å². The van der Waals surface area contributed by atoms with Crippen molar-refractivity contribution in [1.82, 2.24) is 4.98 Å². The van der Waals surface area contributed by atoms with E-state index in [0.717, 1.165) is 22.5 Å². The molecule has 0 aliphatic heterocycles. The monoisotopic (exact) mass is 248 g/mol. The molecule has 4 heteroatoms. The number of hydrogen-bond donors (Lipinski definition) is 1. The molecule has 0 aliphatic carbocycles. The van der Waals surface area contributed by atoms with Crippen LogP contribution in [0.4, 0.5) is 5.69 Å². The molecule has 3 nitrogen and oxygen atoms in total. The first-order valence-electron chi connectivity index (χ1n) is 5.49. The summed E-state index contributed by atoms with van der Waals surface area (Å²) in [6, 6.07) is 4.09. The van der Waals surface area contributed by atoms with Crippen LogP contribution >= 0.6 is 11.3 Å². The number of ether oxygens (including phenoxy) is 1. The van der Waals surface area contributed by atoms with Gasteiger partial charge in [-0.25, -0.2) is 0 Å². The van der Waals surface area contributed by atoms with Gasteiger partial charge in [0.1, 0.15) is 0 Å². The molecule has 2 rings (SSSR count). The van der Waals surface area contributed by atoms with E-state index in [-0.39, 0.29) is 0 Å². The Kier molecular flexibility index (Phi) is 3.76. The average molecular weight is 248 g/mol. The highest BCUT2D eigenvalue weighted by Crippen LogP contribution is 2.19. The lowest BCUT2D eigenvalue weighted by Crippen LogP contribution is -2.03. The number of aryl methyl sites for hydroxylation is 1. The van der Waals surface area contributed by atoms with E-state index in [1.807, 2.05) is 25.3 Å². The number of aromatic nitrogens is 1. The SMILES string of the molecule is Cc1cnc(COCc2cccs2)c(C)c1N. The normalized spacial score (nSPS) is 10.7. The zero-order valence-electron chi connectivity index (χ0n) is 10.1. The summed E-state index contributed by atoms with van der Waals surface area (Å²) in [5.74, 6) is 0. The van der Waals surface area contributed by atoms with Gasteiger partial charge in [0.2, 0.25) is 0 Å². The molecule has 0 unspecified atom stereocenters. The fourth-order valence-corrected chi connectivity index (χ4v) is 2.22. The number of pyridine rings is 1. The van der Waals surface area contributed by atoms with Gasteiger partial charge in [-0.05, 0) is 36.4 Å². The van der Waals surface area contributed by atoms with Crippen molar-refractivity contribution in [2.24, 2.45) is 0 Å². The standard InChI is InChI=1S/C13H16N2OS/c1-9-6-15-12(10(2)13(9)14)8-16-7-11-4-3-5-17-11/h3-6H,7-8H2,1-2H3,(H2,14,15). The van der Waals surface area contributed by atoms with Gasteiger partial charge in [0.05, 0.1) is 18.9 Å². The molecule has 0 spiro atoms. The summed E-state index contributed by atoms with van der Waals surface area (Å²) in [7, 11) is 0. The van der Waals surface area contributed by atoms with Crippen LogP contribution in [0.1, 0.15) is 21.7 Å². The van der Waals surface area contributed by atoms with Gasteiger partial charge in [-0.15, -0.1) is 11.3 Å². The molecule has 2 heterocycles. The molecule has 0 saturated heterocycles. The number of nitrogen functional groups attached to an aromatic ring is 1. The molecule has 0 fully saturated rings. The summed E-state index contributed by atoms with van der Waals surface area (Å²) in [6.07, 6.45) is 1.80. The van der Waals surface area contributed by atoms with Crippen LogP contribution in [0.25, 0.3) is 0 Å². The molecule has 2 aromatic rings. The van der Waals surface area contributed by atoms with Gasteiger partial charge >= 0.3 is 0 Å². The Morgan fingerprint density at radius 1 is 1.35 bits per heavy atom. The first-order chi connectivity index (χ1) is 8.18. The van der Waals surface area contributed by atoms with E-state index in [2.05, 4.69) is 11.1 Å². The third kappa shape index (κ3) is 2.84. The minimum atomic E-state index is 0.508.